The second-order valence-electron chi connectivity index (χ2n) is 8.28. The Morgan fingerprint density at radius 3 is 2.34 bits per heavy atom. The molecule has 0 atom stereocenters. The van der Waals surface area contributed by atoms with Gasteiger partial charge in [0.15, 0.2) is 6.61 Å². The van der Waals surface area contributed by atoms with E-state index in [2.05, 4.69) is 15.6 Å². The van der Waals surface area contributed by atoms with E-state index in [1.807, 2.05) is 48.5 Å². The maximum Gasteiger partial charge on any atom is 0.276 e. The number of para-hydroxylation sites is 1. The molecule has 3 aromatic rings. The van der Waals surface area contributed by atoms with Crippen LogP contribution in [0.5, 0.6) is 5.75 Å². The number of carbonyl (C=O) groups excluding carboxylic acids is 2. The second kappa shape index (κ2) is 11.2. The van der Waals surface area contributed by atoms with Gasteiger partial charge in [0.05, 0.1) is 4.90 Å². The Hall–Kier alpha value is -3.69. The minimum absolute atomic E-state index is 0.00392. The number of benzene rings is 3. The Kier molecular flexibility index (Phi) is 7.79. The summed E-state index contributed by atoms with van der Waals surface area (Å²) in [5.41, 5.74) is 6.50. The van der Waals surface area contributed by atoms with Gasteiger partial charge in [0.2, 0.25) is 10.0 Å². The summed E-state index contributed by atoms with van der Waals surface area (Å²) in [6, 6.07) is 22.6. The van der Waals surface area contributed by atoms with E-state index in [0.29, 0.717) is 5.75 Å². The minimum atomic E-state index is -3.73. The lowest BCUT2D eigenvalue weighted by Gasteiger charge is -2.14. The molecule has 182 valence electrons. The highest BCUT2D eigenvalue weighted by molar-refractivity contribution is 7.89. The van der Waals surface area contributed by atoms with Gasteiger partial charge in [-0.1, -0.05) is 67.4 Å². The summed E-state index contributed by atoms with van der Waals surface area (Å²) >= 11 is 0. The van der Waals surface area contributed by atoms with Crippen LogP contribution < -0.4 is 20.3 Å². The average Bonchev–Trinajstić information content (AvgIpc) is 3.39. The molecule has 3 aromatic carbocycles. The fourth-order valence-corrected chi connectivity index (χ4v) is 5.31. The van der Waals surface area contributed by atoms with Crippen LogP contribution >= 0.6 is 0 Å². The largest absolute Gasteiger partial charge is 0.483 e. The van der Waals surface area contributed by atoms with Crippen molar-refractivity contribution in [2.45, 2.75) is 36.6 Å². The van der Waals surface area contributed by atoms with Gasteiger partial charge in [-0.15, -0.1) is 0 Å². The molecule has 4 rings (SSSR count). The molecule has 1 saturated carbocycles. The summed E-state index contributed by atoms with van der Waals surface area (Å²) < 4.78 is 33.7. The number of hydrazine groups is 1. The van der Waals surface area contributed by atoms with Crippen LogP contribution in [0.25, 0.3) is 11.1 Å². The molecule has 0 spiro atoms. The van der Waals surface area contributed by atoms with Crippen molar-refractivity contribution in [2.75, 3.05) is 6.61 Å². The molecule has 1 aliphatic rings. The highest BCUT2D eigenvalue weighted by atomic mass is 32.2. The zero-order chi connectivity index (χ0) is 24.7. The molecule has 3 N–H and O–H groups in total. The molecule has 8 nitrogen and oxygen atoms in total. The molecule has 0 aromatic heterocycles. The van der Waals surface area contributed by atoms with Crippen LogP contribution in [0.1, 0.15) is 36.0 Å². The molecule has 0 bridgehead atoms. The number of hydrogen-bond donors (Lipinski definition) is 3. The topological polar surface area (TPSA) is 114 Å². The summed E-state index contributed by atoms with van der Waals surface area (Å²) in [4.78, 5) is 24.8. The van der Waals surface area contributed by atoms with Crippen LogP contribution in [0.15, 0.2) is 83.8 Å². The maximum atomic E-state index is 12.6. The lowest BCUT2D eigenvalue weighted by Crippen LogP contribution is -2.43. The van der Waals surface area contributed by atoms with Gasteiger partial charge >= 0.3 is 0 Å². The lowest BCUT2D eigenvalue weighted by molar-refractivity contribution is -0.123. The number of ether oxygens (including phenoxy) is 1. The number of sulfonamides is 1. The van der Waals surface area contributed by atoms with E-state index in [0.717, 1.165) is 36.8 Å². The van der Waals surface area contributed by atoms with Crippen LogP contribution in [0.3, 0.4) is 0 Å². The molecule has 0 heterocycles. The van der Waals surface area contributed by atoms with Crippen molar-refractivity contribution in [3.8, 4) is 16.9 Å². The second-order valence-corrected chi connectivity index (χ2v) is 10.00. The fourth-order valence-electron chi connectivity index (χ4n) is 3.96. The number of hydrogen-bond acceptors (Lipinski definition) is 5. The maximum absolute atomic E-state index is 12.6. The number of carbonyl (C=O) groups is 2. The molecule has 0 aliphatic heterocycles. The fraction of sp³-hybridized carbons (Fsp3) is 0.231. The predicted octanol–water partition coefficient (Wildman–Crippen LogP) is 3.41. The van der Waals surface area contributed by atoms with E-state index >= 15 is 0 Å². The smallest absolute Gasteiger partial charge is 0.276 e. The average molecular weight is 494 g/mol. The summed E-state index contributed by atoms with van der Waals surface area (Å²) in [5.74, 6) is -0.665. The Labute approximate surface area is 204 Å². The van der Waals surface area contributed by atoms with Gasteiger partial charge in [0.1, 0.15) is 5.75 Å². The predicted molar refractivity (Wildman–Crippen MR) is 132 cm³/mol. The van der Waals surface area contributed by atoms with Crippen molar-refractivity contribution >= 4 is 21.8 Å². The third-order valence-electron chi connectivity index (χ3n) is 5.73. The van der Waals surface area contributed by atoms with E-state index < -0.39 is 21.8 Å². The summed E-state index contributed by atoms with van der Waals surface area (Å²) in [5, 5.41) is 0. The van der Waals surface area contributed by atoms with Gasteiger partial charge in [-0.2, -0.15) is 0 Å². The molecule has 35 heavy (non-hydrogen) atoms. The van der Waals surface area contributed by atoms with Crippen molar-refractivity contribution in [1.29, 1.82) is 0 Å². The Morgan fingerprint density at radius 1 is 0.857 bits per heavy atom. The molecule has 0 radical (unpaired) electrons. The first-order chi connectivity index (χ1) is 16.9. The Bertz CT molecular complexity index is 1290. The van der Waals surface area contributed by atoms with Gasteiger partial charge in [0, 0.05) is 17.2 Å². The summed E-state index contributed by atoms with van der Waals surface area (Å²) in [6.45, 7) is -0.316. The van der Waals surface area contributed by atoms with Crippen molar-refractivity contribution < 1.29 is 22.7 Å². The third kappa shape index (κ3) is 6.46. The van der Waals surface area contributed by atoms with Crippen LogP contribution in [0, 0.1) is 0 Å². The van der Waals surface area contributed by atoms with E-state index in [9.17, 15) is 18.0 Å². The Balaban J connectivity index is 1.32. The normalized spacial score (nSPS) is 13.8. The van der Waals surface area contributed by atoms with E-state index in [4.69, 9.17) is 4.74 Å². The zero-order valence-corrected chi connectivity index (χ0v) is 19.9. The number of rotatable bonds is 8. The van der Waals surface area contributed by atoms with Crippen LogP contribution in [-0.4, -0.2) is 32.9 Å². The number of amides is 2. The van der Waals surface area contributed by atoms with Crippen molar-refractivity contribution in [3.05, 3.63) is 84.4 Å². The SMILES string of the molecule is O=C(COc1ccccc1-c1ccccc1)NNC(=O)c1cccc(S(=O)(=O)NC2CCCC2)c1. The van der Waals surface area contributed by atoms with Crippen molar-refractivity contribution in [1.82, 2.24) is 15.6 Å². The van der Waals surface area contributed by atoms with E-state index in [1.165, 1.54) is 24.3 Å². The van der Waals surface area contributed by atoms with Crippen LogP contribution in [0.2, 0.25) is 0 Å². The van der Waals surface area contributed by atoms with Gasteiger partial charge in [-0.05, 0) is 42.7 Å². The first-order valence-corrected chi connectivity index (χ1v) is 12.9. The lowest BCUT2D eigenvalue weighted by atomic mass is 10.1. The molecule has 0 saturated heterocycles. The zero-order valence-electron chi connectivity index (χ0n) is 19.1. The van der Waals surface area contributed by atoms with Gasteiger partial charge in [-0.3, -0.25) is 20.4 Å². The quantitative estimate of drug-likeness (QED) is 0.416. The molecule has 9 heteroatoms. The monoisotopic (exact) mass is 493 g/mol. The number of nitrogens with one attached hydrogen (secondary N) is 3. The van der Waals surface area contributed by atoms with Gasteiger partial charge < -0.3 is 4.74 Å². The molecule has 1 aliphatic carbocycles. The first-order valence-electron chi connectivity index (χ1n) is 11.4. The van der Waals surface area contributed by atoms with Crippen LogP contribution in [-0.2, 0) is 14.8 Å². The summed E-state index contributed by atoms with van der Waals surface area (Å²) in [6.07, 6.45) is 3.61. The molecule has 2 amide bonds. The Morgan fingerprint density at radius 2 is 1.57 bits per heavy atom. The molecule has 1 fully saturated rings. The van der Waals surface area contributed by atoms with Gasteiger partial charge in [-0.25, -0.2) is 13.1 Å². The molecular formula is C26H27N3O5S. The highest BCUT2D eigenvalue weighted by Gasteiger charge is 2.23. The van der Waals surface area contributed by atoms with Crippen molar-refractivity contribution in [3.63, 3.8) is 0 Å². The van der Waals surface area contributed by atoms with E-state index in [1.54, 1.807) is 6.07 Å². The van der Waals surface area contributed by atoms with E-state index in [-0.39, 0.29) is 23.1 Å². The highest BCUT2D eigenvalue weighted by Crippen LogP contribution is 2.29. The third-order valence-corrected chi connectivity index (χ3v) is 7.25. The molecular weight excluding hydrogens is 466 g/mol. The summed E-state index contributed by atoms with van der Waals surface area (Å²) in [7, 11) is -3.73. The first kappa shape index (κ1) is 24.4. The minimum Gasteiger partial charge on any atom is -0.483 e. The molecule has 0 unspecified atom stereocenters. The van der Waals surface area contributed by atoms with Crippen molar-refractivity contribution in [2.24, 2.45) is 0 Å². The van der Waals surface area contributed by atoms with Gasteiger partial charge in [0.25, 0.3) is 11.8 Å². The van der Waals surface area contributed by atoms with Crippen LogP contribution in [0.4, 0.5) is 0 Å². The standard InChI is InChI=1S/C26H27N3O5S/c30-25(18-34-24-16-7-6-15-23(24)19-9-2-1-3-10-19)27-28-26(31)20-11-8-14-22(17-20)35(32,33)29-21-12-4-5-13-21/h1-3,6-11,14-17,21,29H,4-5,12-13,18H2,(H,27,30)(H,28,31).